The molecule has 0 aliphatic carbocycles. The molecule has 7 nitrogen and oxygen atoms in total. The molecule has 208 valence electrons. The lowest BCUT2D eigenvalue weighted by molar-refractivity contribution is -0.114. The molecule has 0 aliphatic heterocycles. The quantitative estimate of drug-likeness (QED) is 0.140. The van der Waals surface area contributed by atoms with Crippen molar-refractivity contribution >= 4 is 102 Å². The Bertz CT molecular complexity index is 1750. The second-order valence-electron chi connectivity index (χ2n) is 9.08. The third-order valence-corrected chi connectivity index (χ3v) is 9.47. The molecule has 0 bridgehead atoms. The van der Waals surface area contributed by atoms with E-state index in [1.54, 1.807) is 12.1 Å². The lowest BCUT2D eigenvalue weighted by Gasteiger charge is -2.09. The molecule has 3 amide bonds. The molecule has 0 fully saturated rings. The van der Waals surface area contributed by atoms with Crippen LogP contribution >= 0.6 is 46.5 Å². The average Bonchev–Trinajstić information content (AvgIpc) is 3.36. The van der Waals surface area contributed by atoms with Crippen LogP contribution < -0.4 is 16.0 Å². The van der Waals surface area contributed by atoms with Gasteiger partial charge in [0.2, 0.25) is 17.7 Å². The molecule has 11 heteroatoms. The van der Waals surface area contributed by atoms with Crippen LogP contribution in [0, 0.1) is 6.92 Å². The molecular weight excluding hydrogens is 596 g/mol. The molecule has 0 saturated carbocycles. The lowest BCUT2D eigenvalue weighted by atomic mass is 10.1. The number of carbonyl (C=O) groups excluding carboxylic acids is 3. The van der Waals surface area contributed by atoms with Crippen LogP contribution in [0.3, 0.4) is 0 Å². The number of aryl methyl sites for hydroxylation is 1. The van der Waals surface area contributed by atoms with Crippen LogP contribution in [0.15, 0.2) is 83.2 Å². The molecule has 1 heterocycles. The normalized spacial score (nSPS) is 11.0. The molecule has 0 unspecified atom stereocenters. The molecule has 0 radical (unpaired) electrons. The zero-order chi connectivity index (χ0) is 28.8. The van der Waals surface area contributed by atoms with Crippen LogP contribution in [0.25, 0.3) is 21.0 Å². The van der Waals surface area contributed by atoms with Gasteiger partial charge in [0.25, 0.3) is 0 Å². The molecule has 5 aromatic rings. The Morgan fingerprint density at radius 1 is 0.805 bits per heavy atom. The number of hydrogen-bond acceptors (Lipinski definition) is 7. The molecule has 3 N–H and O–H groups in total. The van der Waals surface area contributed by atoms with Crippen molar-refractivity contribution in [2.24, 2.45) is 0 Å². The van der Waals surface area contributed by atoms with Crippen molar-refractivity contribution in [3.63, 3.8) is 0 Å². The van der Waals surface area contributed by atoms with Gasteiger partial charge in [-0.2, -0.15) is 0 Å². The molecule has 5 rings (SSSR count). The van der Waals surface area contributed by atoms with Gasteiger partial charge >= 0.3 is 0 Å². The summed E-state index contributed by atoms with van der Waals surface area (Å²) in [5, 5.41) is 11.3. The number of aromatic nitrogens is 1. The number of anilines is 3. The topological polar surface area (TPSA) is 100 Å². The summed E-state index contributed by atoms with van der Waals surface area (Å²) in [6.45, 7) is 1.90. The predicted octanol–water partition coefficient (Wildman–Crippen LogP) is 7.45. The van der Waals surface area contributed by atoms with Gasteiger partial charge in [0, 0.05) is 27.5 Å². The molecule has 0 atom stereocenters. The van der Waals surface area contributed by atoms with Gasteiger partial charge in [-0.15, -0.1) is 23.1 Å². The van der Waals surface area contributed by atoms with Gasteiger partial charge < -0.3 is 16.0 Å². The number of benzene rings is 4. The van der Waals surface area contributed by atoms with Gasteiger partial charge in [0.05, 0.1) is 27.5 Å². The molecule has 1 aromatic heterocycles. The summed E-state index contributed by atoms with van der Waals surface area (Å²) in [5.74, 6) is 0.0124. The summed E-state index contributed by atoms with van der Waals surface area (Å²) in [7, 11) is 0. The van der Waals surface area contributed by atoms with E-state index in [1.165, 1.54) is 34.9 Å². The van der Waals surface area contributed by atoms with E-state index < -0.39 is 0 Å². The van der Waals surface area contributed by atoms with Crippen LogP contribution in [0.2, 0.25) is 5.02 Å². The SMILES string of the molecule is Cc1ccc(NC(=O)CSc2nc3ccc(NC(=O)CSCC(=O)Nc4cccc5ccccc45)cc3s2)cc1Cl. The van der Waals surface area contributed by atoms with Crippen LogP contribution in [-0.2, 0) is 14.4 Å². The van der Waals surface area contributed by atoms with E-state index in [-0.39, 0.29) is 35.0 Å². The van der Waals surface area contributed by atoms with Gasteiger partial charge in [0.1, 0.15) is 0 Å². The van der Waals surface area contributed by atoms with Crippen LogP contribution in [-0.4, -0.2) is 40.0 Å². The van der Waals surface area contributed by atoms with E-state index in [9.17, 15) is 14.4 Å². The van der Waals surface area contributed by atoms with Crippen LogP contribution in [0.4, 0.5) is 17.1 Å². The van der Waals surface area contributed by atoms with Crippen molar-refractivity contribution in [3.05, 3.63) is 89.4 Å². The van der Waals surface area contributed by atoms with Crippen molar-refractivity contribution in [3.8, 4) is 0 Å². The van der Waals surface area contributed by atoms with Crippen molar-refractivity contribution < 1.29 is 14.4 Å². The highest BCUT2D eigenvalue weighted by molar-refractivity contribution is 8.01. The number of amides is 3. The van der Waals surface area contributed by atoms with Crippen molar-refractivity contribution in [1.82, 2.24) is 4.98 Å². The smallest absolute Gasteiger partial charge is 0.234 e. The number of nitrogens with one attached hydrogen (secondary N) is 3. The van der Waals surface area contributed by atoms with Gasteiger partial charge in [0.15, 0.2) is 4.34 Å². The number of carbonyl (C=O) groups is 3. The Balaban J connectivity index is 1.08. The lowest BCUT2D eigenvalue weighted by Crippen LogP contribution is -2.18. The van der Waals surface area contributed by atoms with E-state index in [4.69, 9.17) is 11.6 Å². The Morgan fingerprint density at radius 2 is 1.49 bits per heavy atom. The van der Waals surface area contributed by atoms with Crippen LogP contribution in [0.1, 0.15) is 5.56 Å². The van der Waals surface area contributed by atoms with Gasteiger partial charge in [-0.25, -0.2) is 4.98 Å². The summed E-state index contributed by atoms with van der Waals surface area (Å²) < 4.78 is 1.66. The Morgan fingerprint density at radius 3 is 2.29 bits per heavy atom. The Kier molecular flexibility index (Phi) is 9.45. The summed E-state index contributed by atoms with van der Waals surface area (Å²) in [6.07, 6.45) is 0. The van der Waals surface area contributed by atoms with Crippen LogP contribution in [0.5, 0.6) is 0 Å². The third kappa shape index (κ3) is 7.80. The van der Waals surface area contributed by atoms with E-state index >= 15 is 0 Å². The zero-order valence-electron chi connectivity index (χ0n) is 21.9. The molecule has 0 aliphatic rings. The Hall–Kier alpha value is -3.57. The zero-order valence-corrected chi connectivity index (χ0v) is 25.1. The summed E-state index contributed by atoms with van der Waals surface area (Å²) in [5.41, 5.74) is 3.80. The number of thioether (sulfide) groups is 2. The second-order valence-corrected chi connectivity index (χ2v) is 12.7. The first kappa shape index (κ1) is 28.9. The fraction of sp³-hybridized carbons (Fsp3) is 0.133. The number of fused-ring (bicyclic) bond motifs is 2. The Labute approximate surface area is 254 Å². The third-order valence-electron chi connectivity index (χ3n) is 5.96. The maximum absolute atomic E-state index is 12.5. The van der Waals surface area contributed by atoms with Crippen molar-refractivity contribution in [2.75, 3.05) is 33.2 Å². The molecule has 0 saturated heterocycles. The fourth-order valence-corrected chi connectivity index (χ4v) is 6.70. The van der Waals surface area contributed by atoms with E-state index in [0.29, 0.717) is 16.4 Å². The molecule has 0 spiro atoms. The number of rotatable bonds is 10. The van der Waals surface area contributed by atoms with E-state index in [1.807, 2.05) is 73.7 Å². The first-order valence-electron chi connectivity index (χ1n) is 12.6. The molecule has 41 heavy (non-hydrogen) atoms. The minimum atomic E-state index is -0.195. The van der Waals surface area contributed by atoms with Gasteiger partial charge in [-0.05, 0) is 54.3 Å². The summed E-state index contributed by atoms with van der Waals surface area (Å²) in [4.78, 5) is 41.9. The number of thiazole rings is 1. The number of halogens is 1. The first-order valence-corrected chi connectivity index (χ1v) is 15.9. The predicted molar refractivity (Wildman–Crippen MR) is 174 cm³/mol. The average molecular weight is 621 g/mol. The van der Waals surface area contributed by atoms with Crippen molar-refractivity contribution in [2.45, 2.75) is 11.3 Å². The number of hydrogen-bond donors (Lipinski definition) is 3. The summed E-state index contributed by atoms with van der Waals surface area (Å²) in [6, 6.07) is 24.5. The van der Waals surface area contributed by atoms with E-state index in [2.05, 4.69) is 20.9 Å². The molecular formula is C30H25ClN4O3S3. The highest BCUT2D eigenvalue weighted by Gasteiger charge is 2.12. The summed E-state index contributed by atoms with van der Waals surface area (Å²) >= 11 is 10.2. The monoisotopic (exact) mass is 620 g/mol. The maximum atomic E-state index is 12.5. The van der Waals surface area contributed by atoms with Gasteiger partial charge in [-0.3, -0.25) is 14.4 Å². The van der Waals surface area contributed by atoms with E-state index in [0.717, 1.165) is 36.6 Å². The van der Waals surface area contributed by atoms with Crippen molar-refractivity contribution in [1.29, 1.82) is 0 Å². The minimum Gasteiger partial charge on any atom is -0.325 e. The maximum Gasteiger partial charge on any atom is 0.234 e. The highest BCUT2D eigenvalue weighted by Crippen LogP contribution is 2.31. The minimum absolute atomic E-state index is 0.145. The highest BCUT2D eigenvalue weighted by atomic mass is 35.5. The first-order chi connectivity index (χ1) is 19.8. The fourth-order valence-electron chi connectivity index (χ4n) is 3.99. The largest absolute Gasteiger partial charge is 0.325 e. The van der Waals surface area contributed by atoms with Gasteiger partial charge in [-0.1, -0.05) is 65.8 Å². The second kappa shape index (κ2) is 13.4. The standard InChI is InChI=1S/C30H25ClN4O3S3/c1-18-9-10-20(13-23(18)31)32-29(38)17-40-30-35-25-12-11-21(14-26(25)41-30)33-27(36)15-39-16-28(37)34-24-8-4-6-19-5-2-3-7-22(19)24/h2-14H,15-17H2,1H3,(H,32,38)(H,33,36)(H,34,37). The molecule has 4 aromatic carbocycles. The number of nitrogens with zero attached hydrogens (tertiary/aromatic N) is 1.